The fourth-order valence-corrected chi connectivity index (χ4v) is 2.34. The Morgan fingerprint density at radius 1 is 1.12 bits per heavy atom. The number of anilines is 1. The molecular weight excluding hydrogens is 349 g/mol. The molecule has 2 N–H and O–H groups in total. The molecule has 0 atom stereocenters. The molecule has 3 rings (SSSR count). The van der Waals surface area contributed by atoms with Gasteiger partial charge in [-0.3, -0.25) is 4.98 Å². The van der Waals surface area contributed by atoms with Crippen LogP contribution >= 0.6 is 23.2 Å². The fraction of sp³-hybridized carbons (Fsp3) is 0.0588. The number of amides is 2. The number of hydrogen-bond donors (Lipinski definition) is 2. The molecule has 0 aliphatic carbocycles. The third kappa shape index (κ3) is 4.07. The van der Waals surface area contributed by atoms with E-state index < -0.39 is 0 Å². The second kappa shape index (κ2) is 7.38. The van der Waals surface area contributed by atoms with Gasteiger partial charge in [0.1, 0.15) is 0 Å². The van der Waals surface area contributed by atoms with Crippen molar-refractivity contribution in [3.63, 3.8) is 0 Å². The van der Waals surface area contributed by atoms with Crippen molar-refractivity contribution in [2.45, 2.75) is 6.54 Å². The molecule has 2 heterocycles. The average Bonchev–Trinajstić information content (AvgIpc) is 3.11. The minimum atomic E-state index is -0.340. The summed E-state index contributed by atoms with van der Waals surface area (Å²) in [5.74, 6) is 0. The molecule has 3 aromatic rings. The van der Waals surface area contributed by atoms with Crippen LogP contribution in [-0.2, 0) is 6.54 Å². The maximum atomic E-state index is 11.9. The molecule has 1 aromatic carbocycles. The molecule has 0 unspecified atom stereocenters. The number of benzene rings is 1. The normalized spacial score (nSPS) is 10.4. The van der Waals surface area contributed by atoms with Crippen molar-refractivity contribution in [1.82, 2.24) is 10.3 Å². The Morgan fingerprint density at radius 2 is 2.00 bits per heavy atom. The number of furan rings is 1. The maximum absolute atomic E-state index is 11.9. The van der Waals surface area contributed by atoms with E-state index in [1.54, 1.807) is 36.9 Å². The SMILES string of the molecule is O=C(NCc1ccc(-c2ccoc2)nc1)Nc1ccc(Cl)c(Cl)c1. The second-order valence-electron chi connectivity index (χ2n) is 5.00. The third-order valence-corrected chi connectivity index (χ3v) is 4.01. The standard InChI is InChI=1S/C17H13Cl2N3O2/c18-14-3-2-13(7-15(14)19)22-17(23)21-9-11-1-4-16(20-8-11)12-5-6-24-10-12/h1-8,10H,9H2,(H2,21,22,23). The minimum Gasteiger partial charge on any atom is -0.472 e. The van der Waals surface area contributed by atoms with Crippen LogP contribution in [0, 0.1) is 0 Å². The number of urea groups is 1. The number of halogens is 2. The van der Waals surface area contributed by atoms with Crippen LogP contribution in [0.2, 0.25) is 10.0 Å². The van der Waals surface area contributed by atoms with Gasteiger partial charge in [0.2, 0.25) is 0 Å². The number of nitrogens with one attached hydrogen (secondary N) is 2. The quantitative estimate of drug-likeness (QED) is 0.689. The van der Waals surface area contributed by atoms with Crippen molar-refractivity contribution in [3.8, 4) is 11.3 Å². The van der Waals surface area contributed by atoms with Crippen LogP contribution in [0.3, 0.4) is 0 Å². The highest BCUT2D eigenvalue weighted by atomic mass is 35.5. The summed E-state index contributed by atoms with van der Waals surface area (Å²) in [6, 6.07) is 10.2. The van der Waals surface area contributed by atoms with Gasteiger partial charge in [-0.1, -0.05) is 29.3 Å². The summed E-state index contributed by atoms with van der Waals surface area (Å²) in [4.78, 5) is 16.2. The lowest BCUT2D eigenvalue weighted by atomic mass is 10.2. The molecule has 0 spiro atoms. The van der Waals surface area contributed by atoms with E-state index in [2.05, 4.69) is 15.6 Å². The lowest BCUT2D eigenvalue weighted by molar-refractivity contribution is 0.251. The van der Waals surface area contributed by atoms with E-state index in [-0.39, 0.29) is 6.03 Å². The summed E-state index contributed by atoms with van der Waals surface area (Å²) >= 11 is 11.7. The Kier molecular flexibility index (Phi) is 5.03. The maximum Gasteiger partial charge on any atom is 0.319 e. The Labute approximate surface area is 148 Å². The van der Waals surface area contributed by atoms with Crippen LogP contribution in [0.15, 0.2) is 59.5 Å². The molecule has 2 amide bonds. The highest BCUT2D eigenvalue weighted by Gasteiger charge is 2.05. The topological polar surface area (TPSA) is 67.2 Å². The zero-order valence-electron chi connectivity index (χ0n) is 12.4. The Hall–Kier alpha value is -2.50. The molecule has 24 heavy (non-hydrogen) atoms. The first-order chi connectivity index (χ1) is 11.6. The molecule has 7 heteroatoms. The van der Waals surface area contributed by atoms with Crippen LogP contribution in [0.4, 0.5) is 10.5 Å². The zero-order chi connectivity index (χ0) is 16.9. The first-order valence-electron chi connectivity index (χ1n) is 7.09. The second-order valence-corrected chi connectivity index (χ2v) is 5.81. The molecular formula is C17H13Cl2N3O2. The number of rotatable bonds is 4. The van der Waals surface area contributed by atoms with Gasteiger partial charge < -0.3 is 15.1 Å². The molecule has 0 saturated heterocycles. The van der Waals surface area contributed by atoms with Crippen molar-refractivity contribution >= 4 is 34.9 Å². The molecule has 0 radical (unpaired) electrons. The van der Waals surface area contributed by atoms with E-state index in [4.69, 9.17) is 27.6 Å². The van der Waals surface area contributed by atoms with Crippen molar-refractivity contribution in [2.75, 3.05) is 5.32 Å². The number of pyridine rings is 1. The van der Waals surface area contributed by atoms with Gasteiger partial charge in [0, 0.05) is 24.0 Å². The van der Waals surface area contributed by atoms with Crippen molar-refractivity contribution in [1.29, 1.82) is 0 Å². The van der Waals surface area contributed by atoms with Crippen LogP contribution in [0.25, 0.3) is 11.3 Å². The number of nitrogens with zero attached hydrogens (tertiary/aromatic N) is 1. The predicted molar refractivity (Wildman–Crippen MR) is 94.3 cm³/mol. The number of carbonyl (C=O) groups excluding carboxylic acids is 1. The highest BCUT2D eigenvalue weighted by Crippen LogP contribution is 2.24. The third-order valence-electron chi connectivity index (χ3n) is 3.27. The average molecular weight is 362 g/mol. The molecule has 5 nitrogen and oxygen atoms in total. The first-order valence-corrected chi connectivity index (χ1v) is 7.85. The van der Waals surface area contributed by atoms with Gasteiger partial charge in [0.05, 0.1) is 28.3 Å². The van der Waals surface area contributed by atoms with Crippen molar-refractivity contribution in [3.05, 3.63) is 70.7 Å². The molecule has 2 aromatic heterocycles. The van der Waals surface area contributed by atoms with Crippen molar-refractivity contribution < 1.29 is 9.21 Å². The summed E-state index contributed by atoms with van der Waals surface area (Å²) in [7, 11) is 0. The molecule has 122 valence electrons. The van der Waals surface area contributed by atoms with Crippen LogP contribution in [0.5, 0.6) is 0 Å². The van der Waals surface area contributed by atoms with Gasteiger partial charge in [-0.25, -0.2) is 4.79 Å². The molecule has 0 aliphatic heterocycles. The highest BCUT2D eigenvalue weighted by molar-refractivity contribution is 6.42. The van der Waals surface area contributed by atoms with Crippen LogP contribution in [0.1, 0.15) is 5.56 Å². The van der Waals surface area contributed by atoms with E-state index in [9.17, 15) is 4.79 Å². The van der Waals surface area contributed by atoms with Gasteiger partial charge in [-0.15, -0.1) is 0 Å². The van der Waals surface area contributed by atoms with Gasteiger partial charge >= 0.3 is 6.03 Å². The van der Waals surface area contributed by atoms with E-state index >= 15 is 0 Å². The summed E-state index contributed by atoms with van der Waals surface area (Å²) in [5.41, 5.74) is 3.17. The number of carbonyl (C=O) groups is 1. The Morgan fingerprint density at radius 3 is 2.67 bits per heavy atom. The van der Waals surface area contributed by atoms with Gasteiger partial charge in [0.25, 0.3) is 0 Å². The minimum absolute atomic E-state index is 0.340. The Balaban J connectivity index is 1.55. The molecule has 0 saturated carbocycles. The fourth-order valence-electron chi connectivity index (χ4n) is 2.04. The lowest BCUT2D eigenvalue weighted by Crippen LogP contribution is -2.28. The predicted octanol–water partition coefficient (Wildman–Crippen LogP) is 4.97. The largest absolute Gasteiger partial charge is 0.472 e. The van der Waals surface area contributed by atoms with Crippen LogP contribution in [-0.4, -0.2) is 11.0 Å². The summed E-state index contributed by atoms with van der Waals surface area (Å²) < 4.78 is 5.03. The number of aromatic nitrogens is 1. The van der Waals surface area contributed by atoms with E-state index in [0.29, 0.717) is 22.3 Å². The van der Waals surface area contributed by atoms with E-state index in [1.165, 1.54) is 0 Å². The zero-order valence-corrected chi connectivity index (χ0v) is 13.9. The monoisotopic (exact) mass is 361 g/mol. The lowest BCUT2D eigenvalue weighted by Gasteiger charge is -2.08. The first kappa shape index (κ1) is 16.4. The summed E-state index contributed by atoms with van der Waals surface area (Å²) in [5, 5.41) is 6.26. The molecule has 0 bridgehead atoms. The smallest absolute Gasteiger partial charge is 0.319 e. The van der Waals surface area contributed by atoms with Crippen LogP contribution < -0.4 is 10.6 Å². The Bertz CT molecular complexity index is 834. The summed E-state index contributed by atoms with van der Waals surface area (Å²) in [6.07, 6.45) is 4.94. The van der Waals surface area contributed by atoms with E-state index in [1.807, 2.05) is 18.2 Å². The van der Waals surface area contributed by atoms with Gasteiger partial charge in [0.15, 0.2) is 0 Å². The number of hydrogen-bond acceptors (Lipinski definition) is 3. The van der Waals surface area contributed by atoms with E-state index in [0.717, 1.165) is 16.8 Å². The summed E-state index contributed by atoms with van der Waals surface area (Å²) in [6.45, 7) is 0.353. The molecule has 0 fully saturated rings. The molecule has 0 aliphatic rings. The van der Waals surface area contributed by atoms with Gasteiger partial charge in [-0.2, -0.15) is 0 Å². The van der Waals surface area contributed by atoms with Crippen molar-refractivity contribution in [2.24, 2.45) is 0 Å². The van der Waals surface area contributed by atoms with Gasteiger partial charge in [-0.05, 0) is 35.9 Å².